The highest BCUT2D eigenvalue weighted by atomic mass is 16.5. The number of pyridine rings is 1. The summed E-state index contributed by atoms with van der Waals surface area (Å²) >= 11 is 0. The van der Waals surface area contributed by atoms with Gasteiger partial charge in [-0.25, -0.2) is 0 Å². The van der Waals surface area contributed by atoms with Crippen molar-refractivity contribution in [1.82, 2.24) is 10.3 Å². The molecule has 0 fully saturated rings. The molecule has 4 heteroatoms. The molecule has 0 aliphatic heterocycles. The van der Waals surface area contributed by atoms with Gasteiger partial charge in [-0.1, -0.05) is 6.92 Å². The van der Waals surface area contributed by atoms with Crippen LogP contribution in [-0.4, -0.2) is 31.9 Å². The minimum Gasteiger partial charge on any atom is -0.492 e. The fraction of sp³-hybridized carbons (Fsp3) is 0.583. The van der Waals surface area contributed by atoms with E-state index in [1.807, 2.05) is 19.2 Å². The number of methoxy groups -OCH3 is 1. The van der Waals surface area contributed by atoms with Crippen LogP contribution in [-0.2, 0) is 4.74 Å². The van der Waals surface area contributed by atoms with Gasteiger partial charge in [0.05, 0.1) is 25.5 Å². The van der Waals surface area contributed by atoms with Crippen molar-refractivity contribution in [2.45, 2.75) is 19.9 Å². The van der Waals surface area contributed by atoms with Crippen molar-refractivity contribution in [1.29, 1.82) is 0 Å². The van der Waals surface area contributed by atoms with Crippen LogP contribution in [0, 0.1) is 0 Å². The molecular weight excluding hydrogens is 204 g/mol. The number of nitrogens with zero attached hydrogens (tertiary/aromatic N) is 1. The normalized spacial score (nSPS) is 12.4. The first kappa shape index (κ1) is 12.9. The molecule has 0 saturated heterocycles. The lowest BCUT2D eigenvalue weighted by atomic mass is 10.1. The first-order valence-electron chi connectivity index (χ1n) is 5.61. The van der Waals surface area contributed by atoms with E-state index in [0.29, 0.717) is 13.2 Å². The van der Waals surface area contributed by atoms with Crippen LogP contribution in [0.1, 0.15) is 25.5 Å². The molecule has 0 spiro atoms. The van der Waals surface area contributed by atoms with Gasteiger partial charge < -0.3 is 14.8 Å². The third kappa shape index (κ3) is 3.79. The van der Waals surface area contributed by atoms with E-state index in [1.165, 1.54) is 0 Å². The zero-order valence-corrected chi connectivity index (χ0v) is 10.2. The van der Waals surface area contributed by atoms with Gasteiger partial charge in [0.15, 0.2) is 0 Å². The Labute approximate surface area is 97.0 Å². The van der Waals surface area contributed by atoms with Crippen molar-refractivity contribution in [2.24, 2.45) is 0 Å². The van der Waals surface area contributed by atoms with Gasteiger partial charge >= 0.3 is 0 Å². The molecule has 0 amide bonds. The summed E-state index contributed by atoms with van der Waals surface area (Å²) in [5.74, 6) is 0.805. The number of ether oxygens (including phenoxy) is 2. The Bertz CT molecular complexity index is 299. The quantitative estimate of drug-likeness (QED) is 0.766. The summed E-state index contributed by atoms with van der Waals surface area (Å²) in [7, 11) is 1.70. The maximum Gasteiger partial charge on any atom is 0.137 e. The van der Waals surface area contributed by atoms with Gasteiger partial charge in [0.25, 0.3) is 0 Å². The minimum atomic E-state index is 0.169. The Morgan fingerprint density at radius 3 is 2.81 bits per heavy atom. The van der Waals surface area contributed by atoms with Crippen LogP contribution in [0.2, 0.25) is 0 Å². The summed E-state index contributed by atoms with van der Waals surface area (Å²) in [6, 6.07) is 2.17. The Morgan fingerprint density at radius 1 is 1.38 bits per heavy atom. The number of likely N-dealkylation sites (N-methyl/N-ethyl adjacent to an activating group) is 1. The molecule has 1 heterocycles. The molecule has 1 aromatic rings. The molecule has 0 radical (unpaired) electrons. The van der Waals surface area contributed by atoms with Gasteiger partial charge in [-0.15, -0.1) is 0 Å². The minimum absolute atomic E-state index is 0.169. The predicted molar refractivity (Wildman–Crippen MR) is 63.7 cm³/mol. The average Bonchev–Trinajstić information content (AvgIpc) is 2.30. The molecule has 1 N–H and O–H groups in total. The molecule has 4 nitrogen and oxygen atoms in total. The molecule has 1 rings (SSSR count). The molecule has 0 saturated carbocycles. The van der Waals surface area contributed by atoms with Gasteiger partial charge in [0, 0.05) is 13.3 Å². The third-order valence-corrected chi connectivity index (χ3v) is 2.23. The van der Waals surface area contributed by atoms with Gasteiger partial charge in [-0.2, -0.15) is 0 Å². The molecule has 90 valence electrons. The van der Waals surface area contributed by atoms with E-state index in [4.69, 9.17) is 9.47 Å². The summed E-state index contributed by atoms with van der Waals surface area (Å²) in [6.45, 7) is 6.21. The maximum atomic E-state index is 5.42. The topological polar surface area (TPSA) is 43.4 Å². The highest BCUT2D eigenvalue weighted by molar-refractivity contribution is 5.26. The molecule has 0 aromatic carbocycles. The van der Waals surface area contributed by atoms with E-state index in [9.17, 15) is 0 Å². The second-order valence-electron chi connectivity index (χ2n) is 3.45. The lowest BCUT2D eigenvalue weighted by Gasteiger charge is -2.17. The number of hydrogen-bond acceptors (Lipinski definition) is 4. The smallest absolute Gasteiger partial charge is 0.137 e. The Kier molecular flexibility index (Phi) is 5.82. The second kappa shape index (κ2) is 7.19. The number of aromatic nitrogens is 1. The molecular formula is C12H20N2O2. The van der Waals surface area contributed by atoms with Gasteiger partial charge in [-0.3, -0.25) is 4.98 Å². The van der Waals surface area contributed by atoms with Gasteiger partial charge in [-0.05, 0) is 25.1 Å². The molecule has 16 heavy (non-hydrogen) atoms. The van der Waals surface area contributed by atoms with Crippen molar-refractivity contribution in [3.05, 3.63) is 24.0 Å². The van der Waals surface area contributed by atoms with Crippen molar-refractivity contribution < 1.29 is 9.47 Å². The lowest BCUT2D eigenvalue weighted by Crippen LogP contribution is -2.25. The fourth-order valence-electron chi connectivity index (χ4n) is 1.56. The lowest BCUT2D eigenvalue weighted by molar-refractivity contribution is 0.167. The first-order valence-corrected chi connectivity index (χ1v) is 5.61. The van der Waals surface area contributed by atoms with E-state index in [-0.39, 0.29) is 6.04 Å². The Morgan fingerprint density at radius 2 is 2.19 bits per heavy atom. The van der Waals surface area contributed by atoms with Crippen LogP contribution < -0.4 is 10.1 Å². The van der Waals surface area contributed by atoms with Crippen LogP contribution in [0.4, 0.5) is 0 Å². The Hall–Kier alpha value is -1.13. The van der Waals surface area contributed by atoms with Crippen molar-refractivity contribution in [2.75, 3.05) is 26.9 Å². The summed E-state index contributed by atoms with van der Waals surface area (Å²) in [4.78, 5) is 4.17. The standard InChI is InChI=1S/C12H20N2O2/c1-4-14-12(9-15-3)10-6-11(16-5-2)8-13-7-10/h6-8,12,14H,4-5,9H2,1-3H3. The van der Waals surface area contributed by atoms with Crippen LogP contribution in [0.25, 0.3) is 0 Å². The molecule has 0 aliphatic rings. The first-order chi connectivity index (χ1) is 7.81. The molecule has 0 aliphatic carbocycles. The van der Waals surface area contributed by atoms with Crippen LogP contribution in [0.5, 0.6) is 5.75 Å². The predicted octanol–water partition coefficient (Wildman–Crippen LogP) is 1.78. The molecule has 1 unspecified atom stereocenters. The van der Waals surface area contributed by atoms with Crippen LogP contribution >= 0.6 is 0 Å². The van der Waals surface area contributed by atoms with E-state index in [2.05, 4.69) is 17.2 Å². The van der Waals surface area contributed by atoms with Crippen LogP contribution in [0.15, 0.2) is 18.5 Å². The SMILES string of the molecule is CCNC(COC)c1cncc(OCC)c1. The van der Waals surface area contributed by atoms with E-state index >= 15 is 0 Å². The van der Waals surface area contributed by atoms with E-state index in [1.54, 1.807) is 13.3 Å². The van der Waals surface area contributed by atoms with Crippen molar-refractivity contribution in [3.63, 3.8) is 0 Å². The van der Waals surface area contributed by atoms with E-state index < -0.39 is 0 Å². The average molecular weight is 224 g/mol. The molecule has 0 bridgehead atoms. The summed E-state index contributed by atoms with van der Waals surface area (Å²) < 4.78 is 10.6. The summed E-state index contributed by atoms with van der Waals surface area (Å²) in [6.07, 6.45) is 3.57. The third-order valence-electron chi connectivity index (χ3n) is 2.23. The number of rotatable bonds is 7. The van der Waals surface area contributed by atoms with Crippen molar-refractivity contribution >= 4 is 0 Å². The number of hydrogen-bond donors (Lipinski definition) is 1. The van der Waals surface area contributed by atoms with Crippen LogP contribution in [0.3, 0.4) is 0 Å². The van der Waals surface area contributed by atoms with E-state index in [0.717, 1.165) is 17.9 Å². The van der Waals surface area contributed by atoms with Crippen molar-refractivity contribution in [3.8, 4) is 5.75 Å². The molecule has 1 atom stereocenters. The summed E-state index contributed by atoms with van der Waals surface area (Å²) in [5, 5.41) is 3.35. The van der Waals surface area contributed by atoms with Gasteiger partial charge in [0.1, 0.15) is 5.75 Å². The monoisotopic (exact) mass is 224 g/mol. The largest absolute Gasteiger partial charge is 0.492 e. The van der Waals surface area contributed by atoms with Gasteiger partial charge in [0.2, 0.25) is 0 Å². The second-order valence-corrected chi connectivity index (χ2v) is 3.45. The molecule has 1 aromatic heterocycles. The zero-order chi connectivity index (χ0) is 11.8. The Balaban J connectivity index is 2.77. The number of nitrogens with one attached hydrogen (secondary N) is 1. The highest BCUT2D eigenvalue weighted by Gasteiger charge is 2.10. The maximum absolute atomic E-state index is 5.42. The summed E-state index contributed by atoms with van der Waals surface area (Å²) in [5.41, 5.74) is 1.09. The zero-order valence-electron chi connectivity index (χ0n) is 10.2. The highest BCUT2D eigenvalue weighted by Crippen LogP contribution is 2.18. The fourth-order valence-corrected chi connectivity index (χ4v) is 1.56.